The highest BCUT2D eigenvalue weighted by atomic mass is 16.6. The van der Waals surface area contributed by atoms with Crippen molar-refractivity contribution in [1.82, 2.24) is 4.90 Å². The van der Waals surface area contributed by atoms with Gasteiger partial charge in [0.25, 0.3) is 0 Å². The Hall–Kier alpha value is -1.06. The monoisotopic (exact) mass is 255 g/mol. The molecule has 0 heterocycles. The van der Waals surface area contributed by atoms with Crippen molar-refractivity contribution in [2.24, 2.45) is 5.92 Å². The van der Waals surface area contributed by atoms with Crippen LogP contribution >= 0.6 is 0 Å². The zero-order valence-corrected chi connectivity index (χ0v) is 12.2. The maximum Gasteiger partial charge on any atom is 0.326 e. The van der Waals surface area contributed by atoms with E-state index in [9.17, 15) is 9.59 Å². The second kappa shape index (κ2) is 5.72. The van der Waals surface area contributed by atoms with Crippen molar-refractivity contribution in [3.8, 4) is 0 Å². The van der Waals surface area contributed by atoms with Crippen LogP contribution < -0.4 is 0 Å². The van der Waals surface area contributed by atoms with E-state index in [1.54, 1.807) is 4.90 Å². The molecule has 1 atom stereocenters. The van der Waals surface area contributed by atoms with Gasteiger partial charge in [-0.25, -0.2) is 0 Å². The number of rotatable bonds is 5. The number of esters is 1. The maximum atomic E-state index is 12.1. The molecule has 1 aliphatic carbocycles. The van der Waals surface area contributed by atoms with Gasteiger partial charge >= 0.3 is 5.97 Å². The first-order valence-electron chi connectivity index (χ1n) is 6.77. The quantitative estimate of drug-likeness (QED) is 0.708. The lowest BCUT2D eigenvalue weighted by atomic mass is 10.2. The van der Waals surface area contributed by atoms with Gasteiger partial charge in [0.1, 0.15) is 12.1 Å². The summed E-state index contributed by atoms with van der Waals surface area (Å²) >= 11 is 0. The van der Waals surface area contributed by atoms with Crippen LogP contribution in [0.15, 0.2) is 0 Å². The predicted octanol–water partition coefficient (Wildman–Crippen LogP) is 2.37. The first kappa shape index (κ1) is 15.0. The molecule has 104 valence electrons. The first-order valence-corrected chi connectivity index (χ1v) is 6.77. The normalized spacial score (nSPS) is 17.2. The molecular weight excluding hydrogens is 230 g/mol. The number of amides is 1. The number of hydrogen-bond donors (Lipinski definition) is 0. The molecular formula is C14H25NO3. The summed E-state index contributed by atoms with van der Waals surface area (Å²) in [6, 6.07) is 0.0885. The van der Waals surface area contributed by atoms with Gasteiger partial charge in [0.2, 0.25) is 5.91 Å². The average Bonchev–Trinajstić information content (AvgIpc) is 3.05. The van der Waals surface area contributed by atoms with Crippen molar-refractivity contribution in [1.29, 1.82) is 0 Å². The fourth-order valence-corrected chi connectivity index (χ4v) is 1.75. The van der Waals surface area contributed by atoms with Gasteiger partial charge in [0, 0.05) is 12.0 Å². The smallest absolute Gasteiger partial charge is 0.326 e. The fourth-order valence-electron chi connectivity index (χ4n) is 1.75. The van der Waals surface area contributed by atoms with Gasteiger partial charge in [-0.2, -0.15) is 0 Å². The molecule has 0 unspecified atom stereocenters. The van der Waals surface area contributed by atoms with E-state index < -0.39 is 5.60 Å². The van der Waals surface area contributed by atoms with Crippen LogP contribution in [0.25, 0.3) is 0 Å². The molecule has 1 amide bonds. The predicted molar refractivity (Wildman–Crippen MR) is 70.0 cm³/mol. The number of carbonyl (C=O) groups excluding carboxylic acids is 2. The van der Waals surface area contributed by atoms with Crippen molar-refractivity contribution >= 4 is 11.9 Å². The van der Waals surface area contributed by atoms with Crippen LogP contribution in [0.5, 0.6) is 0 Å². The molecule has 1 aliphatic rings. The van der Waals surface area contributed by atoms with Crippen molar-refractivity contribution in [2.75, 3.05) is 6.54 Å². The molecule has 0 radical (unpaired) electrons. The standard InChI is InChI=1S/C14H25NO3/c1-6-10(2)15(13(17)11-7-8-11)9-12(16)18-14(3,4)5/h10-11H,6-9H2,1-5H3/t10-/m1/s1. The van der Waals surface area contributed by atoms with Crippen LogP contribution in [0.1, 0.15) is 53.9 Å². The molecule has 4 heteroatoms. The van der Waals surface area contributed by atoms with E-state index in [2.05, 4.69) is 0 Å². The molecule has 1 fully saturated rings. The summed E-state index contributed by atoms with van der Waals surface area (Å²) in [7, 11) is 0. The number of hydrogen-bond acceptors (Lipinski definition) is 3. The average molecular weight is 255 g/mol. The van der Waals surface area contributed by atoms with Crippen molar-refractivity contribution in [3.05, 3.63) is 0 Å². The Labute approximate surface area is 110 Å². The van der Waals surface area contributed by atoms with Crippen molar-refractivity contribution < 1.29 is 14.3 Å². The Morgan fingerprint density at radius 2 is 1.89 bits per heavy atom. The summed E-state index contributed by atoms with van der Waals surface area (Å²) in [5, 5.41) is 0. The van der Waals surface area contributed by atoms with Crippen LogP contribution in [-0.4, -0.2) is 35.0 Å². The van der Waals surface area contributed by atoms with E-state index in [1.165, 1.54) is 0 Å². The molecule has 0 bridgehead atoms. The Kier molecular flexibility index (Phi) is 4.77. The summed E-state index contributed by atoms with van der Waals surface area (Å²) in [6.07, 6.45) is 2.77. The molecule has 0 aromatic carbocycles. The molecule has 0 aliphatic heterocycles. The molecule has 1 saturated carbocycles. The van der Waals surface area contributed by atoms with Gasteiger partial charge in [-0.1, -0.05) is 6.92 Å². The molecule has 0 spiro atoms. The number of nitrogens with zero attached hydrogens (tertiary/aromatic N) is 1. The molecule has 18 heavy (non-hydrogen) atoms. The van der Waals surface area contributed by atoms with Crippen LogP contribution in [-0.2, 0) is 14.3 Å². The Bertz CT molecular complexity index is 315. The summed E-state index contributed by atoms with van der Waals surface area (Å²) in [4.78, 5) is 25.6. The van der Waals surface area contributed by atoms with E-state index in [4.69, 9.17) is 4.74 Å². The van der Waals surface area contributed by atoms with Crippen LogP contribution in [0, 0.1) is 5.92 Å². The van der Waals surface area contributed by atoms with Crippen LogP contribution in [0.2, 0.25) is 0 Å². The largest absolute Gasteiger partial charge is 0.459 e. The summed E-state index contributed by atoms with van der Waals surface area (Å²) in [6.45, 7) is 9.57. The number of ether oxygens (including phenoxy) is 1. The highest BCUT2D eigenvalue weighted by Gasteiger charge is 2.36. The Balaban J connectivity index is 2.60. The first-order chi connectivity index (χ1) is 8.24. The van der Waals surface area contributed by atoms with E-state index in [1.807, 2.05) is 34.6 Å². The van der Waals surface area contributed by atoms with E-state index in [0.29, 0.717) is 0 Å². The molecule has 0 aromatic rings. The zero-order valence-electron chi connectivity index (χ0n) is 12.2. The van der Waals surface area contributed by atoms with Gasteiger partial charge in [-0.05, 0) is 47.0 Å². The molecule has 4 nitrogen and oxygen atoms in total. The molecule has 0 N–H and O–H groups in total. The highest BCUT2D eigenvalue weighted by Crippen LogP contribution is 2.31. The fraction of sp³-hybridized carbons (Fsp3) is 0.857. The van der Waals surface area contributed by atoms with Crippen LogP contribution in [0.4, 0.5) is 0 Å². The number of carbonyl (C=O) groups is 2. The van der Waals surface area contributed by atoms with Gasteiger partial charge in [-0.3, -0.25) is 9.59 Å². The van der Waals surface area contributed by atoms with Gasteiger partial charge in [0.05, 0.1) is 0 Å². The lowest BCUT2D eigenvalue weighted by Gasteiger charge is -2.29. The minimum Gasteiger partial charge on any atom is -0.459 e. The second-order valence-electron chi connectivity index (χ2n) is 6.08. The Morgan fingerprint density at radius 1 is 1.33 bits per heavy atom. The zero-order chi connectivity index (χ0) is 13.9. The van der Waals surface area contributed by atoms with E-state index >= 15 is 0 Å². The third kappa shape index (κ3) is 4.67. The van der Waals surface area contributed by atoms with Gasteiger partial charge < -0.3 is 9.64 Å². The third-order valence-corrected chi connectivity index (χ3v) is 3.05. The highest BCUT2D eigenvalue weighted by molar-refractivity contribution is 5.85. The minimum absolute atomic E-state index is 0.0710. The lowest BCUT2D eigenvalue weighted by Crippen LogP contribution is -2.44. The molecule has 0 aromatic heterocycles. The topological polar surface area (TPSA) is 46.6 Å². The van der Waals surface area contributed by atoms with Crippen molar-refractivity contribution in [2.45, 2.75) is 65.5 Å². The lowest BCUT2D eigenvalue weighted by molar-refractivity contribution is -0.160. The maximum absolute atomic E-state index is 12.1. The van der Waals surface area contributed by atoms with E-state index in [-0.39, 0.29) is 30.4 Å². The summed E-state index contributed by atoms with van der Waals surface area (Å²) in [5.74, 6) is -0.0755. The van der Waals surface area contributed by atoms with E-state index in [0.717, 1.165) is 19.3 Å². The summed E-state index contributed by atoms with van der Waals surface area (Å²) in [5.41, 5.74) is -0.499. The van der Waals surface area contributed by atoms with Crippen molar-refractivity contribution in [3.63, 3.8) is 0 Å². The minimum atomic E-state index is -0.499. The Morgan fingerprint density at radius 3 is 2.28 bits per heavy atom. The molecule has 1 rings (SSSR count). The van der Waals surface area contributed by atoms with Crippen LogP contribution in [0.3, 0.4) is 0 Å². The molecule has 0 saturated heterocycles. The second-order valence-corrected chi connectivity index (χ2v) is 6.08. The van der Waals surface area contributed by atoms with Gasteiger partial charge in [0.15, 0.2) is 0 Å². The third-order valence-electron chi connectivity index (χ3n) is 3.05. The SMILES string of the molecule is CC[C@@H](C)N(CC(=O)OC(C)(C)C)C(=O)C1CC1. The summed E-state index contributed by atoms with van der Waals surface area (Å²) < 4.78 is 5.28. The van der Waals surface area contributed by atoms with Gasteiger partial charge in [-0.15, -0.1) is 0 Å².